The standard InChI is InChI=1S/C18H25F3N2O2/c1-11-5-14(6-12(2)16(11)25-10-18(19,20)21)9-23(4)17(24)13(3)15-7-22-8-15/h5-6,13,15,22H,7-10H2,1-4H3. The van der Waals surface area contributed by atoms with Crippen molar-refractivity contribution in [3.8, 4) is 5.75 Å². The van der Waals surface area contributed by atoms with Gasteiger partial charge in [-0.3, -0.25) is 4.79 Å². The molecule has 1 heterocycles. The number of hydrogen-bond acceptors (Lipinski definition) is 3. The first-order chi connectivity index (χ1) is 11.6. The van der Waals surface area contributed by atoms with Gasteiger partial charge in [-0.25, -0.2) is 0 Å². The number of rotatable bonds is 6. The van der Waals surface area contributed by atoms with Crippen molar-refractivity contribution in [3.63, 3.8) is 0 Å². The van der Waals surface area contributed by atoms with Gasteiger partial charge in [0.25, 0.3) is 0 Å². The molecule has 1 N–H and O–H groups in total. The summed E-state index contributed by atoms with van der Waals surface area (Å²) >= 11 is 0. The first-order valence-electron chi connectivity index (χ1n) is 8.34. The number of nitrogens with zero attached hydrogens (tertiary/aromatic N) is 1. The van der Waals surface area contributed by atoms with Gasteiger partial charge in [0, 0.05) is 19.5 Å². The molecule has 1 aliphatic rings. The van der Waals surface area contributed by atoms with Crippen LogP contribution in [0.3, 0.4) is 0 Å². The molecule has 1 fully saturated rings. The van der Waals surface area contributed by atoms with Gasteiger partial charge < -0.3 is 15.0 Å². The number of aryl methyl sites for hydroxylation is 2. The molecule has 0 saturated carbocycles. The maximum absolute atomic E-state index is 12.5. The van der Waals surface area contributed by atoms with Crippen LogP contribution in [0.15, 0.2) is 12.1 Å². The number of ether oxygens (including phenoxy) is 1. The molecule has 4 nitrogen and oxygen atoms in total. The Morgan fingerprint density at radius 1 is 1.32 bits per heavy atom. The highest BCUT2D eigenvalue weighted by molar-refractivity contribution is 5.78. The summed E-state index contributed by atoms with van der Waals surface area (Å²) < 4.78 is 42.0. The lowest BCUT2D eigenvalue weighted by atomic mass is 9.88. The van der Waals surface area contributed by atoms with Gasteiger partial charge in [0.15, 0.2) is 6.61 Å². The van der Waals surface area contributed by atoms with Crippen LogP contribution >= 0.6 is 0 Å². The second-order valence-corrected chi connectivity index (χ2v) is 6.86. The molecule has 0 aliphatic carbocycles. The minimum absolute atomic E-state index is 0.0390. The van der Waals surface area contributed by atoms with Gasteiger partial charge in [0.1, 0.15) is 5.75 Å². The van der Waals surface area contributed by atoms with Gasteiger partial charge in [-0.2, -0.15) is 13.2 Å². The molecule has 1 atom stereocenters. The molecule has 0 bridgehead atoms. The Morgan fingerprint density at radius 2 is 1.88 bits per heavy atom. The van der Waals surface area contributed by atoms with Gasteiger partial charge in [0.2, 0.25) is 5.91 Å². The molecule has 2 rings (SSSR count). The minimum Gasteiger partial charge on any atom is -0.484 e. The van der Waals surface area contributed by atoms with Gasteiger partial charge in [-0.1, -0.05) is 19.1 Å². The van der Waals surface area contributed by atoms with Crippen LogP contribution in [-0.4, -0.2) is 43.7 Å². The van der Waals surface area contributed by atoms with E-state index < -0.39 is 12.8 Å². The highest BCUT2D eigenvalue weighted by atomic mass is 19.4. The second kappa shape index (κ2) is 7.64. The molecule has 1 unspecified atom stereocenters. The summed E-state index contributed by atoms with van der Waals surface area (Å²) in [6, 6.07) is 3.55. The highest BCUT2D eigenvalue weighted by Crippen LogP contribution is 2.28. The maximum atomic E-state index is 12.5. The number of amides is 1. The molecule has 1 amide bonds. The predicted octanol–water partition coefficient (Wildman–Crippen LogP) is 3.06. The Balaban J connectivity index is 2.03. The third-order valence-corrected chi connectivity index (χ3v) is 4.61. The van der Waals surface area contributed by atoms with E-state index in [2.05, 4.69) is 5.32 Å². The maximum Gasteiger partial charge on any atom is 0.422 e. The second-order valence-electron chi connectivity index (χ2n) is 6.86. The average molecular weight is 358 g/mol. The van der Waals surface area contributed by atoms with Crippen LogP contribution in [0, 0.1) is 25.7 Å². The fourth-order valence-corrected chi connectivity index (χ4v) is 3.08. The zero-order valence-corrected chi connectivity index (χ0v) is 15.0. The van der Waals surface area contributed by atoms with Crippen molar-refractivity contribution in [1.29, 1.82) is 0 Å². The smallest absolute Gasteiger partial charge is 0.422 e. The lowest BCUT2D eigenvalue weighted by Gasteiger charge is -2.34. The summed E-state index contributed by atoms with van der Waals surface area (Å²) in [6.07, 6.45) is -4.36. The number of hydrogen-bond donors (Lipinski definition) is 1. The first-order valence-corrected chi connectivity index (χ1v) is 8.34. The summed E-state index contributed by atoms with van der Waals surface area (Å²) in [5, 5.41) is 3.16. The van der Waals surface area contributed by atoms with E-state index in [0.29, 0.717) is 23.6 Å². The fraction of sp³-hybridized carbons (Fsp3) is 0.611. The monoisotopic (exact) mass is 358 g/mol. The van der Waals surface area contributed by atoms with Gasteiger partial charge in [0.05, 0.1) is 0 Å². The summed E-state index contributed by atoms with van der Waals surface area (Å²) in [6.45, 7) is 6.21. The van der Waals surface area contributed by atoms with E-state index >= 15 is 0 Å². The molecule has 140 valence electrons. The van der Waals surface area contributed by atoms with E-state index in [1.165, 1.54) is 0 Å². The SMILES string of the molecule is Cc1cc(CN(C)C(=O)C(C)C2CNC2)cc(C)c1OCC(F)(F)F. The number of nitrogens with one attached hydrogen (secondary N) is 1. The summed E-state index contributed by atoms with van der Waals surface area (Å²) in [5.74, 6) is 0.669. The van der Waals surface area contributed by atoms with E-state index in [4.69, 9.17) is 4.74 Å². The lowest BCUT2D eigenvalue weighted by Crippen LogP contribution is -2.49. The van der Waals surface area contributed by atoms with Crippen molar-refractivity contribution < 1.29 is 22.7 Å². The third kappa shape index (κ3) is 5.11. The normalized spacial score (nSPS) is 16.3. The van der Waals surface area contributed by atoms with Crippen molar-refractivity contribution in [2.24, 2.45) is 11.8 Å². The zero-order chi connectivity index (χ0) is 18.8. The summed E-state index contributed by atoms with van der Waals surface area (Å²) in [5.41, 5.74) is 2.15. The largest absolute Gasteiger partial charge is 0.484 e. The van der Waals surface area contributed by atoms with Crippen LogP contribution in [0.25, 0.3) is 0 Å². The van der Waals surface area contributed by atoms with Crippen LogP contribution in [0.4, 0.5) is 13.2 Å². The molecule has 0 radical (unpaired) electrons. The van der Waals surface area contributed by atoms with E-state index in [-0.39, 0.29) is 17.6 Å². The highest BCUT2D eigenvalue weighted by Gasteiger charge is 2.31. The third-order valence-electron chi connectivity index (χ3n) is 4.61. The first kappa shape index (κ1) is 19.6. The molecule has 0 aromatic heterocycles. The van der Waals surface area contributed by atoms with Gasteiger partial charge in [-0.05, 0) is 49.5 Å². The van der Waals surface area contributed by atoms with E-state index in [1.807, 2.05) is 6.92 Å². The Bertz CT molecular complexity index is 604. The van der Waals surface area contributed by atoms with Crippen LogP contribution in [-0.2, 0) is 11.3 Å². The molecule has 0 spiro atoms. The number of carbonyl (C=O) groups is 1. The summed E-state index contributed by atoms with van der Waals surface area (Å²) in [7, 11) is 1.75. The van der Waals surface area contributed by atoms with Crippen molar-refractivity contribution in [2.45, 2.75) is 33.5 Å². The fourth-order valence-electron chi connectivity index (χ4n) is 3.08. The molecular weight excluding hydrogens is 333 g/mol. The quantitative estimate of drug-likeness (QED) is 0.850. The van der Waals surface area contributed by atoms with Crippen molar-refractivity contribution in [3.05, 3.63) is 28.8 Å². The van der Waals surface area contributed by atoms with Gasteiger partial charge in [-0.15, -0.1) is 0 Å². The van der Waals surface area contributed by atoms with Crippen LogP contribution in [0.5, 0.6) is 5.75 Å². The van der Waals surface area contributed by atoms with Crippen LogP contribution in [0.1, 0.15) is 23.6 Å². The number of halogens is 3. The Kier molecular flexibility index (Phi) is 5.98. The van der Waals surface area contributed by atoms with E-state index in [1.54, 1.807) is 37.9 Å². The lowest BCUT2D eigenvalue weighted by molar-refractivity contribution is -0.153. The molecule has 1 aromatic rings. The van der Waals surface area contributed by atoms with Crippen LogP contribution < -0.4 is 10.1 Å². The van der Waals surface area contributed by atoms with E-state index in [0.717, 1.165) is 18.7 Å². The van der Waals surface area contributed by atoms with Gasteiger partial charge >= 0.3 is 6.18 Å². The van der Waals surface area contributed by atoms with Crippen molar-refractivity contribution >= 4 is 5.91 Å². The Labute approximate surface area is 146 Å². The Morgan fingerprint density at radius 3 is 2.32 bits per heavy atom. The predicted molar refractivity (Wildman–Crippen MR) is 89.5 cm³/mol. The molecule has 7 heteroatoms. The molecule has 25 heavy (non-hydrogen) atoms. The summed E-state index contributed by atoms with van der Waals surface area (Å²) in [4.78, 5) is 14.2. The minimum atomic E-state index is -4.36. The van der Waals surface area contributed by atoms with Crippen LogP contribution in [0.2, 0.25) is 0 Å². The molecule has 1 aromatic carbocycles. The zero-order valence-electron chi connectivity index (χ0n) is 15.0. The topological polar surface area (TPSA) is 41.6 Å². The number of carbonyl (C=O) groups excluding carboxylic acids is 1. The average Bonchev–Trinajstić information content (AvgIpc) is 2.42. The van der Waals surface area contributed by atoms with Crippen molar-refractivity contribution in [1.82, 2.24) is 10.2 Å². The van der Waals surface area contributed by atoms with E-state index in [9.17, 15) is 18.0 Å². The molecular formula is C18H25F3N2O2. The number of benzene rings is 1. The molecule has 1 saturated heterocycles. The van der Waals surface area contributed by atoms with Crippen molar-refractivity contribution in [2.75, 3.05) is 26.7 Å². The Hall–Kier alpha value is -1.76. The number of alkyl halides is 3. The molecule has 1 aliphatic heterocycles.